The first-order valence-corrected chi connectivity index (χ1v) is 6.34. The Balaban J connectivity index is 1.85. The SMILES string of the molecule is O=C(Cc1c(F)cccc1F)C1COc2ccccc21. The normalized spacial score (nSPS) is 16.6. The highest BCUT2D eigenvalue weighted by Crippen LogP contribution is 2.34. The van der Waals surface area contributed by atoms with Gasteiger partial charge in [-0.15, -0.1) is 0 Å². The molecule has 2 aromatic carbocycles. The van der Waals surface area contributed by atoms with Crippen molar-refractivity contribution in [3.63, 3.8) is 0 Å². The van der Waals surface area contributed by atoms with Crippen LogP contribution in [0.5, 0.6) is 5.75 Å². The molecule has 0 aliphatic carbocycles. The van der Waals surface area contributed by atoms with Gasteiger partial charge in [-0.25, -0.2) is 8.78 Å². The van der Waals surface area contributed by atoms with Gasteiger partial charge in [0.2, 0.25) is 0 Å². The summed E-state index contributed by atoms with van der Waals surface area (Å²) in [7, 11) is 0. The molecule has 0 fully saturated rings. The van der Waals surface area contributed by atoms with Gasteiger partial charge in [0.1, 0.15) is 29.8 Å². The van der Waals surface area contributed by atoms with Crippen LogP contribution in [0, 0.1) is 11.6 Å². The number of hydrogen-bond acceptors (Lipinski definition) is 2. The maximum absolute atomic E-state index is 13.6. The van der Waals surface area contributed by atoms with Crippen LogP contribution in [0.4, 0.5) is 8.78 Å². The average molecular weight is 274 g/mol. The molecule has 2 aromatic rings. The molecule has 0 bridgehead atoms. The van der Waals surface area contributed by atoms with Gasteiger partial charge < -0.3 is 4.74 Å². The van der Waals surface area contributed by atoms with E-state index < -0.39 is 17.6 Å². The number of carbonyl (C=O) groups is 1. The van der Waals surface area contributed by atoms with E-state index >= 15 is 0 Å². The third kappa shape index (κ3) is 2.18. The second-order valence-corrected chi connectivity index (χ2v) is 4.74. The average Bonchev–Trinajstić information content (AvgIpc) is 2.87. The zero-order chi connectivity index (χ0) is 14.1. The first-order chi connectivity index (χ1) is 9.66. The van der Waals surface area contributed by atoms with Gasteiger partial charge in [-0.05, 0) is 18.2 Å². The van der Waals surface area contributed by atoms with E-state index in [9.17, 15) is 13.6 Å². The number of rotatable bonds is 3. The fourth-order valence-corrected chi connectivity index (χ4v) is 2.43. The van der Waals surface area contributed by atoms with E-state index in [4.69, 9.17) is 4.74 Å². The Labute approximate surface area is 115 Å². The van der Waals surface area contributed by atoms with Crippen molar-refractivity contribution < 1.29 is 18.3 Å². The van der Waals surface area contributed by atoms with Gasteiger partial charge in [-0.2, -0.15) is 0 Å². The summed E-state index contributed by atoms with van der Waals surface area (Å²) in [5.41, 5.74) is 0.608. The van der Waals surface area contributed by atoms with Gasteiger partial charge in [0.05, 0.1) is 5.92 Å². The zero-order valence-corrected chi connectivity index (χ0v) is 10.6. The van der Waals surface area contributed by atoms with Crippen molar-refractivity contribution in [3.05, 3.63) is 65.2 Å². The highest BCUT2D eigenvalue weighted by molar-refractivity contribution is 5.89. The molecule has 0 amide bonds. The molecule has 1 heterocycles. The molecule has 3 rings (SSSR count). The molecular formula is C16H12F2O2. The molecular weight excluding hydrogens is 262 g/mol. The molecule has 0 saturated carbocycles. The number of benzene rings is 2. The molecule has 102 valence electrons. The van der Waals surface area contributed by atoms with E-state index in [1.807, 2.05) is 18.2 Å². The highest BCUT2D eigenvalue weighted by atomic mass is 19.1. The summed E-state index contributed by atoms with van der Waals surface area (Å²) in [6.45, 7) is 0.230. The zero-order valence-electron chi connectivity index (χ0n) is 10.6. The summed E-state index contributed by atoms with van der Waals surface area (Å²) >= 11 is 0. The molecule has 0 radical (unpaired) electrons. The first kappa shape index (κ1) is 12.8. The standard InChI is InChI=1S/C16H12F2O2/c17-13-5-3-6-14(18)11(13)8-15(19)12-9-20-16-7-2-1-4-10(12)16/h1-7,12H,8-9H2. The van der Waals surface area contributed by atoms with Crippen LogP contribution < -0.4 is 4.74 Å². The Bertz CT molecular complexity index is 647. The van der Waals surface area contributed by atoms with Crippen LogP contribution in [0.3, 0.4) is 0 Å². The number of Topliss-reactive ketones (excluding diaryl/α,β-unsaturated/α-hetero) is 1. The minimum atomic E-state index is -0.689. The van der Waals surface area contributed by atoms with Crippen molar-refractivity contribution in [2.45, 2.75) is 12.3 Å². The number of carbonyl (C=O) groups excluding carboxylic acids is 1. The molecule has 1 aliphatic rings. The minimum Gasteiger partial charge on any atom is -0.492 e. The van der Waals surface area contributed by atoms with E-state index in [1.54, 1.807) is 6.07 Å². The highest BCUT2D eigenvalue weighted by Gasteiger charge is 2.30. The molecule has 1 aliphatic heterocycles. The summed E-state index contributed by atoms with van der Waals surface area (Å²) < 4.78 is 32.6. The molecule has 1 atom stereocenters. The van der Waals surface area contributed by atoms with Crippen molar-refractivity contribution in [3.8, 4) is 5.75 Å². The van der Waals surface area contributed by atoms with Crippen LogP contribution in [-0.2, 0) is 11.2 Å². The van der Waals surface area contributed by atoms with Gasteiger partial charge in [0.15, 0.2) is 0 Å². The van der Waals surface area contributed by atoms with Crippen molar-refractivity contribution in [1.82, 2.24) is 0 Å². The van der Waals surface area contributed by atoms with Crippen molar-refractivity contribution >= 4 is 5.78 Å². The van der Waals surface area contributed by atoms with Gasteiger partial charge >= 0.3 is 0 Å². The molecule has 0 aromatic heterocycles. The molecule has 0 spiro atoms. The Morgan fingerprint density at radius 1 is 1.10 bits per heavy atom. The van der Waals surface area contributed by atoms with Gasteiger partial charge in [0, 0.05) is 17.5 Å². The summed E-state index contributed by atoms with van der Waals surface area (Å²) in [4.78, 5) is 12.3. The molecule has 20 heavy (non-hydrogen) atoms. The number of hydrogen-bond donors (Lipinski definition) is 0. The van der Waals surface area contributed by atoms with Crippen LogP contribution in [0.25, 0.3) is 0 Å². The third-order valence-electron chi connectivity index (χ3n) is 3.50. The van der Waals surface area contributed by atoms with E-state index in [-0.39, 0.29) is 24.4 Å². The van der Waals surface area contributed by atoms with E-state index in [2.05, 4.69) is 0 Å². The fourth-order valence-electron chi connectivity index (χ4n) is 2.43. The molecule has 1 unspecified atom stereocenters. The predicted octanol–water partition coefficient (Wildman–Crippen LogP) is 3.25. The van der Waals surface area contributed by atoms with Gasteiger partial charge in [-0.3, -0.25) is 4.79 Å². The van der Waals surface area contributed by atoms with Crippen molar-refractivity contribution in [2.75, 3.05) is 6.61 Å². The molecule has 2 nitrogen and oxygen atoms in total. The van der Waals surface area contributed by atoms with Crippen LogP contribution >= 0.6 is 0 Å². The Morgan fingerprint density at radius 2 is 1.80 bits per heavy atom. The second-order valence-electron chi connectivity index (χ2n) is 4.74. The first-order valence-electron chi connectivity index (χ1n) is 6.34. The number of para-hydroxylation sites is 1. The molecule has 0 N–H and O–H groups in total. The van der Waals surface area contributed by atoms with Gasteiger partial charge in [-0.1, -0.05) is 24.3 Å². The lowest BCUT2D eigenvalue weighted by atomic mass is 9.92. The van der Waals surface area contributed by atoms with Crippen LogP contribution in [0.2, 0.25) is 0 Å². The van der Waals surface area contributed by atoms with Crippen LogP contribution in [-0.4, -0.2) is 12.4 Å². The van der Waals surface area contributed by atoms with E-state index in [0.717, 1.165) is 17.7 Å². The Morgan fingerprint density at radius 3 is 2.55 bits per heavy atom. The summed E-state index contributed by atoms with van der Waals surface area (Å²) in [6.07, 6.45) is -0.263. The lowest BCUT2D eigenvalue weighted by Gasteiger charge is -2.09. The predicted molar refractivity (Wildman–Crippen MR) is 69.7 cm³/mol. The maximum Gasteiger partial charge on any atom is 0.148 e. The van der Waals surface area contributed by atoms with E-state index in [1.165, 1.54) is 6.07 Å². The maximum atomic E-state index is 13.6. The molecule has 0 saturated heterocycles. The number of fused-ring (bicyclic) bond motifs is 1. The third-order valence-corrected chi connectivity index (χ3v) is 3.50. The van der Waals surface area contributed by atoms with Crippen molar-refractivity contribution in [2.24, 2.45) is 0 Å². The Kier molecular flexibility index (Phi) is 3.22. The number of halogens is 2. The summed E-state index contributed by atoms with van der Waals surface area (Å²) in [5, 5.41) is 0. The summed E-state index contributed by atoms with van der Waals surface area (Å²) in [5.74, 6) is -1.40. The smallest absolute Gasteiger partial charge is 0.148 e. The number of ketones is 1. The monoisotopic (exact) mass is 274 g/mol. The fraction of sp³-hybridized carbons (Fsp3) is 0.188. The quantitative estimate of drug-likeness (QED) is 0.858. The second kappa shape index (κ2) is 5.04. The number of ether oxygens (including phenoxy) is 1. The topological polar surface area (TPSA) is 26.3 Å². The van der Waals surface area contributed by atoms with Crippen molar-refractivity contribution in [1.29, 1.82) is 0 Å². The van der Waals surface area contributed by atoms with E-state index in [0.29, 0.717) is 5.75 Å². The lowest BCUT2D eigenvalue weighted by molar-refractivity contribution is -0.120. The minimum absolute atomic E-state index is 0.179. The van der Waals surface area contributed by atoms with Crippen LogP contribution in [0.1, 0.15) is 17.0 Å². The van der Waals surface area contributed by atoms with Crippen LogP contribution in [0.15, 0.2) is 42.5 Å². The van der Waals surface area contributed by atoms with Gasteiger partial charge in [0.25, 0.3) is 0 Å². The summed E-state index contributed by atoms with van der Waals surface area (Å²) in [6, 6.07) is 10.8. The molecule has 4 heteroatoms. The Hall–Kier alpha value is -2.23. The largest absolute Gasteiger partial charge is 0.492 e. The lowest BCUT2D eigenvalue weighted by Crippen LogP contribution is -2.17.